The van der Waals surface area contributed by atoms with Gasteiger partial charge >= 0.3 is 0 Å². The summed E-state index contributed by atoms with van der Waals surface area (Å²) in [5.41, 5.74) is 1.89. The molecule has 1 amide bonds. The third-order valence-corrected chi connectivity index (χ3v) is 5.08. The smallest absolute Gasteiger partial charge is 0.231 e. The number of nitrogens with zero attached hydrogens (tertiary/aromatic N) is 4. The van der Waals surface area contributed by atoms with Crippen molar-refractivity contribution in [1.82, 2.24) is 19.9 Å². The number of piperidine rings is 1. The molecule has 26 heavy (non-hydrogen) atoms. The van der Waals surface area contributed by atoms with E-state index in [9.17, 15) is 4.79 Å². The van der Waals surface area contributed by atoms with Gasteiger partial charge in [0.2, 0.25) is 11.9 Å². The lowest BCUT2D eigenvalue weighted by Gasteiger charge is -2.31. The van der Waals surface area contributed by atoms with Gasteiger partial charge in [0.05, 0.1) is 0 Å². The molecule has 134 valence electrons. The standard InChI is InChI=1S/C19H20ClN5O/c20-16-6-4-14(5-7-16)13-21-18(26)15-8-11-24(12-9-15)19-23-22-17-3-1-2-10-25(17)19/h1-7,10,15H,8-9,11-13H2,(H,21,26). The van der Waals surface area contributed by atoms with Crippen molar-refractivity contribution in [2.75, 3.05) is 18.0 Å². The number of aromatic nitrogens is 3. The lowest BCUT2D eigenvalue weighted by molar-refractivity contribution is -0.125. The van der Waals surface area contributed by atoms with Crippen molar-refractivity contribution in [3.05, 3.63) is 59.2 Å². The van der Waals surface area contributed by atoms with Crippen LogP contribution in [0.4, 0.5) is 5.95 Å². The summed E-state index contributed by atoms with van der Waals surface area (Å²) in [5.74, 6) is 1.00. The molecule has 0 radical (unpaired) electrons. The van der Waals surface area contributed by atoms with Crippen molar-refractivity contribution in [2.24, 2.45) is 5.92 Å². The molecule has 0 bridgehead atoms. The molecule has 7 heteroatoms. The quantitative estimate of drug-likeness (QED) is 0.768. The third kappa shape index (κ3) is 3.51. The van der Waals surface area contributed by atoms with Crippen LogP contribution in [0.1, 0.15) is 18.4 Å². The molecule has 1 N–H and O–H groups in total. The van der Waals surface area contributed by atoms with Gasteiger partial charge in [-0.15, -0.1) is 10.2 Å². The second-order valence-electron chi connectivity index (χ2n) is 6.53. The van der Waals surface area contributed by atoms with Crippen LogP contribution in [0.5, 0.6) is 0 Å². The van der Waals surface area contributed by atoms with Gasteiger partial charge in [-0.1, -0.05) is 29.8 Å². The summed E-state index contributed by atoms with van der Waals surface area (Å²) < 4.78 is 1.99. The number of carbonyl (C=O) groups is 1. The molecule has 0 unspecified atom stereocenters. The van der Waals surface area contributed by atoms with Crippen molar-refractivity contribution < 1.29 is 4.79 Å². The Morgan fingerprint density at radius 1 is 1.12 bits per heavy atom. The van der Waals surface area contributed by atoms with Gasteiger partial charge in [-0.2, -0.15) is 0 Å². The Morgan fingerprint density at radius 2 is 1.88 bits per heavy atom. The van der Waals surface area contributed by atoms with E-state index in [0.717, 1.165) is 43.1 Å². The number of halogens is 1. The zero-order valence-electron chi connectivity index (χ0n) is 14.3. The lowest BCUT2D eigenvalue weighted by Crippen LogP contribution is -2.41. The maximum Gasteiger partial charge on any atom is 0.231 e. The summed E-state index contributed by atoms with van der Waals surface area (Å²) in [4.78, 5) is 14.7. The second-order valence-corrected chi connectivity index (χ2v) is 6.97. The van der Waals surface area contributed by atoms with Gasteiger partial charge < -0.3 is 10.2 Å². The summed E-state index contributed by atoms with van der Waals surface area (Å²) >= 11 is 5.89. The van der Waals surface area contributed by atoms with Crippen LogP contribution in [-0.2, 0) is 11.3 Å². The Morgan fingerprint density at radius 3 is 2.65 bits per heavy atom. The predicted molar refractivity (Wildman–Crippen MR) is 101 cm³/mol. The molecule has 0 saturated carbocycles. The van der Waals surface area contributed by atoms with E-state index in [-0.39, 0.29) is 11.8 Å². The van der Waals surface area contributed by atoms with Crippen molar-refractivity contribution in [3.8, 4) is 0 Å². The van der Waals surface area contributed by atoms with Gasteiger partial charge in [0.1, 0.15) is 0 Å². The van der Waals surface area contributed by atoms with Gasteiger partial charge in [-0.05, 0) is 42.7 Å². The Kier molecular flexibility index (Phi) is 4.75. The number of amides is 1. The minimum atomic E-state index is 0.0396. The Hall–Kier alpha value is -2.60. The zero-order chi connectivity index (χ0) is 17.9. The van der Waals surface area contributed by atoms with Crippen LogP contribution in [0.2, 0.25) is 5.02 Å². The summed E-state index contributed by atoms with van der Waals surface area (Å²) in [6.07, 6.45) is 3.60. The summed E-state index contributed by atoms with van der Waals surface area (Å²) in [6.45, 7) is 2.13. The number of rotatable bonds is 4. The van der Waals surface area contributed by atoms with Crippen LogP contribution in [-0.4, -0.2) is 33.6 Å². The van der Waals surface area contributed by atoms with E-state index in [4.69, 9.17) is 11.6 Å². The fraction of sp³-hybridized carbons (Fsp3) is 0.316. The number of pyridine rings is 1. The van der Waals surface area contributed by atoms with Gasteiger partial charge in [0, 0.05) is 36.8 Å². The highest BCUT2D eigenvalue weighted by atomic mass is 35.5. The molecule has 4 rings (SSSR count). The van der Waals surface area contributed by atoms with E-state index in [1.807, 2.05) is 53.1 Å². The predicted octanol–water partition coefficient (Wildman–Crippen LogP) is 2.92. The second kappa shape index (κ2) is 7.33. The molecule has 1 saturated heterocycles. The van der Waals surface area contributed by atoms with E-state index >= 15 is 0 Å². The molecule has 1 aliphatic heterocycles. The Bertz CT molecular complexity index is 900. The number of anilines is 1. The first-order chi connectivity index (χ1) is 12.7. The average Bonchev–Trinajstić information content (AvgIpc) is 3.11. The summed E-state index contributed by atoms with van der Waals surface area (Å²) in [7, 11) is 0. The van der Waals surface area contributed by atoms with Crippen LogP contribution >= 0.6 is 11.6 Å². The van der Waals surface area contributed by atoms with Crippen LogP contribution in [0.25, 0.3) is 5.65 Å². The first-order valence-corrected chi connectivity index (χ1v) is 9.15. The highest BCUT2D eigenvalue weighted by Crippen LogP contribution is 2.22. The van der Waals surface area contributed by atoms with E-state index in [1.54, 1.807) is 0 Å². The molecule has 1 fully saturated rings. The number of fused-ring (bicyclic) bond motifs is 1. The number of hydrogen-bond donors (Lipinski definition) is 1. The van der Waals surface area contributed by atoms with Crippen LogP contribution in [0, 0.1) is 5.92 Å². The Balaban J connectivity index is 1.33. The van der Waals surface area contributed by atoms with E-state index < -0.39 is 0 Å². The summed E-state index contributed by atoms with van der Waals surface area (Å²) in [5, 5.41) is 12.2. The molecule has 0 aliphatic carbocycles. The summed E-state index contributed by atoms with van der Waals surface area (Å²) in [6, 6.07) is 13.4. The molecule has 1 aliphatic rings. The SMILES string of the molecule is O=C(NCc1ccc(Cl)cc1)C1CCN(c2nnc3ccccn23)CC1. The highest BCUT2D eigenvalue weighted by Gasteiger charge is 2.26. The van der Waals surface area contributed by atoms with Crippen molar-refractivity contribution >= 4 is 29.1 Å². The third-order valence-electron chi connectivity index (χ3n) is 4.82. The maximum atomic E-state index is 12.5. The monoisotopic (exact) mass is 369 g/mol. The molecule has 0 spiro atoms. The normalized spacial score (nSPS) is 15.3. The molecule has 2 aromatic heterocycles. The van der Waals surface area contributed by atoms with Crippen molar-refractivity contribution in [2.45, 2.75) is 19.4 Å². The van der Waals surface area contributed by atoms with E-state index in [2.05, 4.69) is 20.4 Å². The van der Waals surface area contributed by atoms with Gasteiger partial charge in [0.15, 0.2) is 5.65 Å². The fourth-order valence-corrected chi connectivity index (χ4v) is 3.45. The lowest BCUT2D eigenvalue weighted by atomic mass is 9.96. The van der Waals surface area contributed by atoms with E-state index in [0.29, 0.717) is 11.6 Å². The molecule has 0 atom stereocenters. The van der Waals surface area contributed by atoms with Crippen LogP contribution < -0.4 is 10.2 Å². The van der Waals surface area contributed by atoms with Crippen LogP contribution in [0.15, 0.2) is 48.7 Å². The van der Waals surface area contributed by atoms with Gasteiger partial charge in [0.25, 0.3) is 0 Å². The van der Waals surface area contributed by atoms with Gasteiger partial charge in [-0.3, -0.25) is 9.20 Å². The molecule has 3 heterocycles. The first-order valence-electron chi connectivity index (χ1n) is 8.77. The van der Waals surface area contributed by atoms with Gasteiger partial charge in [-0.25, -0.2) is 0 Å². The topological polar surface area (TPSA) is 62.5 Å². The van der Waals surface area contributed by atoms with Crippen molar-refractivity contribution in [1.29, 1.82) is 0 Å². The molecule has 3 aromatic rings. The molecular formula is C19H20ClN5O. The number of carbonyl (C=O) groups excluding carboxylic acids is 1. The molecule has 6 nitrogen and oxygen atoms in total. The number of benzene rings is 1. The minimum absolute atomic E-state index is 0.0396. The zero-order valence-corrected chi connectivity index (χ0v) is 15.1. The minimum Gasteiger partial charge on any atom is -0.352 e. The number of hydrogen-bond acceptors (Lipinski definition) is 4. The first kappa shape index (κ1) is 16.8. The maximum absolute atomic E-state index is 12.5. The average molecular weight is 370 g/mol. The molecule has 1 aromatic carbocycles. The van der Waals surface area contributed by atoms with E-state index in [1.165, 1.54) is 0 Å². The number of nitrogens with one attached hydrogen (secondary N) is 1. The van der Waals surface area contributed by atoms with Crippen LogP contribution in [0.3, 0.4) is 0 Å². The molecular weight excluding hydrogens is 350 g/mol. The highest BCUT2D eigenvalue weighted by molar-refractivity contribution is 6.30. The van der Waals surface area contributed by atoms with Crippen molar-refractivity contribution in [3.63, 3.8) is 0 Å². The largest absolute Gasteiger partial charge is 0.352 e. The fourth-order valence-electron chi connectivity index (χ4n) is 3.32. The Labute approximate surface area is 156 Å².